The van der Waals surface area contributed by atoms with Gasteiger partial charge in [-0.15, -0.1) is 10.2 Å². The Hall–Kier alpha value is -1.44. The maximum atomic E-state index is 5.71. The molecule has 9 heteroatoms. The molecule has 3 aromatic rings. The molecule has 0 unspecified atom stereocenters. The van der Waals surface area contributed by atoms with Gasteiger partial charge in [0.25, 0.3) is 0 Å². The van der Waals surface area contributed by atoms with Gasteiger partial charge in [0.2, 0.25) is 20.9 Å². The minimum absolute atomic E-state index is 0.0475. The van der Waals surface area contributed by atoms with Crippen LogP contribution < -0.4 is 0 Å². The highest BCUT2D eigenvalue weighted by atomic mass is 35.5. The molecule has 0 spiro atoms. The zero-order valence-corrected chi connectivity index (χ0v) is 11.0. The molecule has 0 aliphatic heterocycles. The van der Waals surface area contributed by atoms with Gasteiger partial charge < -0.3 is 0 Å². The Balaban J connectivity index is 2.01. The highest BCUT2D eigenvalue weighted by Crippen LogP contribution is 2.24. The van der Waals surface area contributed by atoms with Crippen LogP contribution in [0.3, 0.4) is 0 Å². The Kier molecular flexibility index (Phi) is 3.02. The molecule has 90 valence electrons. The van der Waals surface area contributed by atoms with Crippen LogP contribution in [0.25, 0.3) is 5.65 Å². The molecule has 3 aromatic heterocycles. The smallest absolute Gasteiger partial charge is 0.227 e. The van der Waals surface area contributed by atoms with Gasteiger partial charge in [-0.25, -0.2) is 0 Å². The number of rotatable bonds is 2. The normalized spacial score (nSPS) is 11.0. The van der Waals surface area contributed by atoms with E-state index in [1.54, 1.807) is 0 Å². The van der Waals surface area contributed by atoms with E-state index in [4.69, 9.17) is 23.2 Å². The van der Waals surface area contributed by atoms with Gasteiger partial charge in [-0.05, 0) is 47.1 Å². The average Bonchev–Trinajstić information content (AvgIpc) is 2.72. The van der Waals surface area contributed by atoms with Crippen molar-refractivity contribution in [3.05, 3.63) is 35.0 Å². The molecule has 0 amide bonds. The van der Waals surface area contributed by atoms with Crippen LogP contribution in [-0.4, -0.2) is 29.5 Å². The van der Waals surface area contributed by atoms with Gasteiger partial charge >= 0.3 is 0 Å². The topological polar surface area (TPSA) is 68.9 Å². The van der Waals surface area contributed by atoms with Crippen LogP contribution in [0.1, 0.15) is 0 Å². The third-order valence-corrected chi connectivity index (χ3v) is 3.19. The third kappa shape index (κ3) is 2.24. The third-order valence-electron chi connectivity index (χ3n) is 2.03. The molecule has 0 bridgehead atoms. The van der Waals surface area contributed by atoms with Crippen molar-refractivity contribution in [3.8, 4) is 0 Å². The number of pyridine rings is 1. The van der Waals surface area contributed by atoms with E-state index >= 15 is 0 Å². The Bertz CT molecular complexity index is 695. The zero-order valence-electron chi connectivity index (χ0n) is 8.66. The molecule has 3 heterocycles. The lowest BCUT2D eigenvalue weighted by atomic mass is 10.5. The van der Waals surface area contributed by atoms with Gasteiger partial charge in [-0.2, -0.15) is 15.0 Å². The molecule has 0 saturated heterocycles. The summed E-state index contributed by atoms with van der Waals surface area (Å²) in [5.41, 5.74) is 0.742. The van der Waals surface area contributed by atoms with Crippen molar-refractivity contribution in [1.29, 1.82) is 0 Å². The van der Waals surface area contributed by atoms with Crippen molar-refractivity contribution in [1.82, 2.24) is 29.5 Å². The Labute approximate surface area is 115 Å². The molecule has 18 heavy (non-hydrogen) atoms. The first kappa shape index (κ1) is 11.6. The van der Waals surface area contributed by atoms with E-state index in [0.717, 1.165) is 5.65 Å². The van der Waals surface area contributed by atoms with Gasteiger partial charge in [0.1, 0.15) is 0 Å². The highest BCUT2D eigenvalue weighted by molar-refractivity contribution is 7.99. The lowest BCUT2D eigenvalue weighted by Crippen LogP contribution is -1.93. The van der Waals surface area contributed by atoms with Crippen molar-refractivity contribution < 1.29 is 0 Å². The van der Waals surface area contributed by atoms with Crippen molar-refractivity contribution >= 4 is 40.6 Å². The second kappa shape index (κ2) is 4.68. The predicted octanol–water partition coefficient (Wildman–Crippen LogP) is 2.37. The SMILES string of the molecule is Clc1nc(Cl)nc(Sc2nnc3ccccn23)n1. The van der Waals surface area contributed by atoms with Crippen LogP contribution >= 0.6 is 35.0 Å². The first-order valence-electron chi connectivity index (χ1n) is 4.77. The minimum atomic E-state index is 0.0475. The van der Waals surface area contributed by atoms with Crippen LogP contribution in [-0.2, 0) is 0 Å². The van der Waals surface area contributed by atoms with E-state index in [-0.39, 0.29) is 10.6 Å². The van der Waals surface area contributed by atoms with Gasteiger partial charge in [0, 0.05) is 6.20 Å². The molecule has 0 atom stereocenters. The fourth-order valence-corrected chi connectivity index (χ4v) is 2.55. The number of hydrogen-bond acceptors (Lipinski definition) is 6. The summed E-state index contributed by atoms with van der Waals surface area (Å²) in [6.45, 7) is 0. The zero-order chi connectivity index (χ0) is 12.5. The number of halogens is 2. The molecule has 0 radical (unpaired) electrons. The first-order valence-corrected chi connectivity index (χ1v) is 6.34. The summed E-state index contributed by atoms with van der Waals surface area (Å²) in [5, 5.41) is 9.15. The molecular weight excluding hydrogens is 295 g/mol. The summed E-state index contributed by atoms with van der Waals surface area (Å²) >= 11 is 12.6. The molecule has 3 rings (SSSR count). The summed E-state index contributed by atoms with van der Waals surface area (Å²) in [4.78, 5) is 11.6. The fourth-order valence-electron chi connectivity index (χ4n) is 1.33. The van der Waals surface area contributed by atoms with Crippen LogP contribution in [0.15, 0.2) is 34.7 Å². The van der Waals surface area contributed by atoms with Crippen LogP contribution in [0.4, 0.5) is 0 Å². The lowest BCUT2D eigenvalue weighted by Gasteiger charge is -1.99. The summed E-state index contributed by atoms with van der Waals surface area (Å²) in [7, 11) is 0. The van der Waals surface area contributed by atoms with Crippen LogP contribution in [0, 0.1) is 0 Å². The van der Waals surface area contributed by atoms with Gasteiger partial charge in [-0.1, -0.05) is 6.07 Å². The van der Waals surface area contributed by atoms with E-state index in [1.807, 2.05) is 28.8 Å². The standard InChI is InChI=1S/C9H4Cl2N6S/c10-6-12-7(11)14-8(13-6)18-9-16-15-5-3-1-2-4-17(5)9/h1-4H. The van der Waals surface area contributed by atoms with E-state index in [9.17, 15) is 0 Å². The fraction of sp³-hybridized carbons (Fsp3) is 0. The Morgan fingerprint density at radius 1 is 1.00 bits per heavy atom. The number of nitrogens with zero attached hydrogens (tertiary/aromatic N) is 6. The van der Waals surface area contributed by atoms with E-state index in [1.165, 1.54) is 11.8 Å². The van der Waals surface area contributed by atoms with Gasteiger partial charge in [0.05, 0.1) is 0 Å². The molecule has 6 nitrogen and oxygen atoms in total. The molecule has 0 aliphatic carbocycles. The van der Waals surface area contributed by atoms with Crippen molar-refractivity contribution in [2.75, 3.05) is 0 Å². The summed E-state index contributed by atoms with van der Waals surface area (Å²) in [5.74, 6) is 0. The molecular formula is C9H4Cl2N6S. The molecule has 0 aromatic carbocycles. The van der Waals surface area contributed by atoms with Crippen molar-refractivity contribution in [2.24, 2.45) is 0 Å². The number of fused-ring (bicyclic) bond motifs is 1. The minimum Gasteiger partial charge on any atom is -0.277 e. The Morgan fingerprint density at radius 3 is 2.56 bits per heavy atom. The van der Waals surface area contributed by atoms with Crippen molar-refractivity contribution in [3.63, 3.8) is 0 Å². The highest BCUT2D eigenvalue weighted by Gasteiger charge is 2.10. The molecule has 0 fully saturated rings. The van der Waals surface area contributed by atoms with Gasteiger partial charge in [-0.3, -0.25) is 4.40 Å². The van der Waals surface area contributed by atoms with Crippen LogP contribution in [0.2, 0.25) is 10.6 Å². The van der Waals surface area contributed by atoms with Gasteiger partial charge in [0.15, 0.2) is 5.65 Å². The first-order chi connectivity index (χ1) is 8.72. The second-order valence-corrected chi connectivity index (χ2v) is 4.78. The van der Waals surface area contributed by atoms with E-state index < -0.39 is 0 Å². The maximum absolute atomic E-state index is 5.71. The second-order valence-electron chi connectivity index (χ2n) is 3.17. The summed E-state index contributed by atoms with van der Waals surface area (Å²) in [6.07, 6.45) is 1.85. The summed E-state index contributed by atoms with van der Waals surface area (Å²) in [6, 6.07) is 5.62. The van der Waals surface area contributed by atoms with Crippen molar-refractivity contribution in [2.45, 2.75) is 10.3 Å². The molecule has 0 saturated carbocycles. The average molecular weight is 299 g/mol. The van der Waals surface area contributed by atoms with E-state index in [2.05, 4.69) is 25.1 Å². The molecule has 0 aliphatic rings. The Morgan fingerprint density at radius 2 is 1.78 bits per heavy atom. The number of aromatic nitrogens is 6. The monoisotopic (exact) mass is 298 g/mol. The maximum Gasteiger partial charge on any atom is 0.227 e. The van der Waals surface area contributed by atoms with E-state index in [0.29, 0.717) is 10.3 Å². The van der Waals surface area contributed by atoms with Crippen LogP contribution in [0.5, 0.6) is 0 Å². The largest absolute Gasteiger partial charge is 0.277 e. The lowest BCUT2D eigenvalue weighted by molar-refractivity contribution is 0.876. The quantitative estimate of drug-likeness (QED) is 0.723. The predicted molar refractivity (Wildman–Crippen MR) is 67.0 cm³/mol. The molecule has 0 N–H and O–H groups in total. The summed E-state index contributed by atoms with van der Waals surface area (Å²) < 4.78 is 1.82. The number of hydrogen-bond donors (Lipinski definition) is 0.